The first kappa shape index (κ1) is 17.0. The highest BCUT2D eigenvalue weighted by Crippen LogP contribution is 2.18. The van der Waals surface area contributed by atoms with Gasteiger partial charge in [-0.05, 0) is 32.4 Å². The number of carboxylic acids is 1. The van der Waals surface area contributed by atoms with Crippen molar-refractivity contribution in [3.63, 3.8) is 0 Å². The molecular formula is C15H21NO5. The van der Waals surface area contributed by atoms with Crippen molar-refractivity contribution >= 4 is 11.9 Å². The van der Waals surface area contributed by atoms with Gasteiger partial charge in [-0.1, -0.05) is 17.7 Å². The number of hydrogen-bond donors (Lipinski definition) is 3. The van der Waals surface area contributed by atoms with Crippen molar-refractivity contribution in [2.24, 2.45) is 0 Å². The van der Waals surface area contributed by atoms with E-state index in [4.69, 9.17) is 9.84 Å². The van der Waals surface area contributed by atoms with Gasteiger partial charge in [0, 0.05) is 0 Å². The van der Waals surface area contributed by atoms with Crippen LogP contribution in [0.2, 0.25) is 0 Å². The fourth-order valence-electron chi connectivity index (χ4n) is 1.85. The van der Waals surface area contributed by atoms with E-state index in [1.54, 1.807) is 0 Å². The van der Waals surface area contributed by atoms with Crippen LogP contribution in [0.25, 0.3) is 0 Å². The number of ether oxygens (including phenoxy) is 1. The van der Waals surface area contributed by atoms with Crippen LogP contribution < -0.4 is 10.1 Å². The van der Waals surface area contributed by atoms with Gasteiger partial charge < -0.3 is 20.3 Å². The number of carbonyl (C=O) groups excluding carboxylic acids is 1. The third-order valence-corrected chi connectivity index (χ3v) is 2.98. The normalized spacial score (nSPS) is 13.3. The van der Waals surface area contributed by atoms with E-state index in [1.807, 2.05) is 32.0 Å². The smallest absolute Gasteiger partial charge is 0.328 e. The van der Waals surface area contributed by atoms with Gasteiger partial charge in [0.15, 0.2) is 6.04 Å². The summed E-state index contributed by atoms with van der Waals surface area (Å²) in [5.41, 5.74) is 2.10. The monoisotopic (exact) mass is 295 g/mol. The van der Waals surface area contributed by atoms with Crippen molar-refractivity contribution in [3.8, 4) is 5.75 Å². The van der Waals surface area contributed by atoms with Gasteiger partial charge in [-0.3, -0.25) is 4.79 Å². The van der Waals surface area contributed by atoms with Crippen molar-refractivity contribution in [1.82, 2.24) is 5.32 Å². The first-order valence-electron chi connectivity index (χ1n) is 6.71. The minimum atomic E-state index is -1.31. The second-order valence-corrected chi connectivity index (χ2v) is 4.99. The zero-order valence-corrected chi connectivity index (χ0v) is 12.4. The lowest BCUT2D eigenvalue weighted by molar-refractivity contribution is -0.144. The van der Waals surface area contributed by atoms with Crippen LogP contribution in [-0.2, 0) is 9.59 Å². The highest BCUT2D eigenvalue weighted by molar-refractivity contribution is 5.83. The van der Waals surface area contributed by atoms with Crippen molar-refractivity contribution in [1.29, 1.82) is 0 Å². The summed E-state index contributed by atoms with van der Waals surface area (Å²) in [4.78, 5) is 22.5. The number of rotatable bonds is 7. The average Bonchev–Trinajstić information content (AvgIpc) is 2.37. The third-order valence-electron chi connectivity index (χ3n) is 2.98. The quantitative estimate of drug-likeness (QED) is 0.698. The zero-order valence-electron chi connectivity index (χ0n) is 12.4. The summed E-state index contributed by atoms with van der Waals surface area (Å²) in [6, 6.07) is 4.41. The van der Waals surface area contributed by atoms with Gasteiger partial charge in [0.1, 0.15) is 5.75 Å². The van der Waals surface area contributed by atoms with E-state index in [-0.39, 0.29) is 13.0 Å². The molecule has 0 saturated heterocycles. The lowest BCUT2D eigenvalue weighted by Gasteiger charge is -2.17. The molecule has 2 atom stereocenters. The van der Waals surface area contributed by atoms with Crippen LogP contribution in [0.3, 0.4) is 0 Å². The number of aliphatic hydroxyl groups is 1. The minimum Gasteiger partial charge on any atom is -0.493 e. The summed E-state index contributed by atoms with van der Waals surface area (Å²) in [7, 11) is 0. The molecule has 21 heavy (non-hydrogen) atoms. The maximum absolute atomic E-state index is 11.6. The summed E-state index contributed by atoms with van der Waals surface area (Å²) in [6.45, 7) is 5.34. The fourth-order valence-corrected chi connectivity index (χ4v) is 1.85. The number of benzene rings is 1. The van der Waals surface area contributed by atoms with Crippen molar-refractivity contribution in [2.75, 3.05) is 6.61 Å². The standard InChI is InChI=1S/C15H21NO5/c1-9-4-5-12(10(2)8-9)21-7-6-13(18)16-14(11(3)17)15(19)20/h4-5,8,11,14,17H,6-7H2,1-3H3,(H,16,18)(H,19,20)/t11-,14+/m1/s1. The van der Waals surface area contributed by atoms with E-state index in [1.165, 1.54) is 6.92 Å². The Kier molecular flexibility index (Phi) is 6.17. The summed E-state index contributed by atoms with van der Waals surface area (Å²) in [6.07, 6.45) is -1.14. The Labute approximate surface area is 123 Å². The fraction of sp³-hybridized carbons (Fsp3) is 0.467. The number of aliphatic hydroxyl groups excluding tert-OH is 1. The van der Waals surface area contributed by atoms with Crippen LogP contribution in [0.1, 0.15) is 24.5 Å². The largest absolute Gasteiger partial charge is 0.493 e. The predicted octanol–water partition coefficient (Wildman–Crippen LogP) is 1.02. The molecule has 3 N–H and O–H groups in total. The van der Waals surface area contributed by atoms with Crippen molar-refractivity contribution in [3.05, 3.63) is 29.3 Å². The molecular weight excluding hydrogens is 274 g/mol. The highest BCUT2D eigenvalue weighted by Gasteiger charge is 2.24. The van der Waals surface area contributed by atoms with Gasteiger partial charge in [0.2, 0.25) is 5.91 Å². The van der Waals surface area contributed by atoms with E-state index >= 15 is 0 Å². The molecule has 6 nitrogen and oxygen atoms in total. The molecule has 0 bridgehead atoms. The van der Waals surface area contributed by atoms with Crippen LogP contribution in [0.15, 0.2) is 18.2 Å². The maximum atomic E-state index is 11.6. The molecule has 0 aliphatic rings. The highest BCUT2D eigenvalue weighted by atomic mass is 16.5. The minimum absolute atomic E-state index is 0.0177. The molecule has 0 fully saturated rings. The molecule has 0 heterocycles. The van der Waals surface area contributed by atoms with E-state index in [2.05, 4.69) is 5.32 Å². The Morgan fingerprint density at radius 1 is 1.33 bits per heavy atom. The van der Waals surface area contributed by atoms with Gasteiger partial charge >= 0.3 is 5.97 Å². The number of hydrogen-bond acceptors (Lipinski definition) is 4. The molecule has 1 aromatic carbocycles. The molecule has 0 unspecified atom stereocenters. The lowest BCUT2D eigenvalue weighted by atomic mass is 10.1. The molecule has 1 rings (SSSR count). The molecule has 0 aliphatic heterocycles. The first-order valence-corrected chi connectivity index (χ1v) is 6.71. The Bertz CT molecular complexity index is 513. The van der Waals surface area contributed by atoms with Crippen LogP contribution in [0.4, 0.5) is 0 Å². The van der Waals surface area contributed by atoms with Crippen LogP contribution in [0, 0.1) is 13.8 Å². The van der Waals surface area contributed by atoms with Gasteiger partial charge in [-0.15, -0.1) is 0 Å². The van der Waals surface area contributed by atoms with Gasteiger partial charge in [-0.2, -0.15) is 0 Å². The molecule has 0 saturated carbocycles. The van der Waals surface area contributed by atoms with Crippen LogP contribution in [-0.4, -0.2) is 40.8 Å². The lowest BCUT2D eigenvalue weighted by Crippen LogP contribution is -2.47. The van der Waals surface area contributed by atoms with Crippen LogP contribution in [0.5, 0.6) is 5.75 Å². The SMILES string of the molecule is Cc1ccc(OCCC(=O)N[C@H](C(=O)O)[C@@H](C)O)c(C)c1. The Morgan fingerprint density at radius 2 is 2.00 bits per heavy atom. The third kappa shape index (κ3) is 5.43. The average molecular weight is 295 g/mol. The predicted molar refractivity (Wildman–Crippen MR) is 77.3 cm³/mol. The molecule has 6 heteroatoms. The number of aliphatic carboxylic acids is 1. The van der Waals surface area contributed by atoms with Crippen molar-refractivity contribution < 1.29 is 24.5 Å². The topological polar surface area (TPSA) is 95.9 Å². The molecule has 0 spiro atoms. The number of nitrogens with one attached hydrogen (secondary N) is 1. The molecule has 116 valence electrons. The molecule has 1 amide bonds. The number of carboxylic acid groups (broad SMARTS) is 1. The molecule has 0 radical (unpaired) electrons. The number of aryl methyl sites for hydroxylation is 2. The summed E-state index contributed by atoms with van der Waals surface area (Å²) >= 11 is 0. The summed E-state index contributed by atoms with van der Waals surface area (Å²) in [5, 5.41) is 20.4. The first-order chi connectivity index (χ1) is 9.81. The van der Waals surface area contributed by atoms with Gasteiger partial charge in [0.05, 0.1) is 19.1 Å². The molecule has 0 aliphatic carbocycles. The number of carbonyl (C=O) groups is 2. The Hall–Kier alpha value is -2.08. The zero-order chi connectivity index (χ0) is 16.0. The second-order valence-electron chi connectivity index (χ2n) is 4.99. The second kappa shape index (κ2) is 7.64. The van der Waals surface area contributed by atoms with Crippen LogP contribution >= 0.6 is 0 Å². The van der Waals surface area contributed by atoms with E-state index in [0.717, 1.165) is 11.1 Å². The molecule has 0 aromatic heterocycles. The van der Waals surface area contributed by atoms with E-state index < -0.39 is 24.0 Å². The molecule has 1 aromatic rings. The van der Waals surface area contributed by atoms with Gasteiger partial charge in [0.25, 0.3) is 0 Å². The van der Waals surface area contributed by atoms with E-state index in [9.17, 15) is 14.7 Å². The number of amides is 1. The Morgan fingerprint density at radius 3 is 2.52 bits per heavy atom. The van der Waals surface area contributed by atoms with Crippen molar-refractivity contribution in [2.45, 2.75) is 39.3 Å². The van der Waals surface area contributed by atoms with E-state index in [0.29, 0.717) is 5.75 Å². The Balaban J connectivity index is 2.44. The summed E-state index contributed by atoms with van der Waals surface area (Å²) in [5.74, 6) is -1.06. The van der Waals surface area contributed by atoms with Gasteiger partial charge in [-0.25, -0.2) is 4.79 Å². The maximum Gasteiger partial charge on any atom is 0.328 e. The summed E-state index contributed by atoms with van der Waals surface area (Å²) < 4.78 is 5.49.